The van der Waals surface area contributed by atoms with Gasteiger partial charge in [-0.15, -0.1) is 0 Å². The van der Waals surface area contributed by atoms with Gasteiger partial charge >= 0.3 is 0 Å². The van der Waals surface area contributed by atoms with Crippen LogP contribution in [0.15, 0.2) is 0 Å². The van der Waals surface area contributed by atoms with Crippen molar-refractivity contribution >= 4 is 11.8 Å². The van der Waals surface area contributed by atoms with Crippen molar-refractivity contribution in [3.05, 3.63) is 0 Å². The van der Waals surface area contributed by atoms with Gasteiger partial charge in [0.05, 0.1) is 6.54 Å². The van der Waals surface area contributed by atoms with E-state index in [-0.39, 0.29) is 11.3 Å². The molecular weight excluding hydrogens is 326 g/mol. The summed E-state index contributed by atoms with van der Waals surface area (Å²) in [6.07, 6.45) is 12.8. The van der Waals surface area contributed by atoms with Crippen molar-refractivity contribution in [3.63, 3.8) is 0 Å². The summed E-state index contributed by atoms with van der Waals surface area (Å²) >= 11 is 0. The van der Waals surface area contributed by atoms with Gasteiger partial charge in [-0.05, 0) is 57.4 Å². The first-order valence-electron chi connectivity index (χ1n) is 10.9. The Morgan fingerprint density at radius 3 is 2.62 bits per heavy atom. The Morgan fingerprint density at radius 1 is 1.04 bits per heavy atom. The molecule has 2 saturated heterocycles. The first-order valence-corrected chi connectivity index (χ1v) is 10.9. The van der Waals surface area contributed by atoms with E-state index in [1.165, 1.54) is 38.5 Å². The molecule has 26 heavy (non-hydrogen) atoms. The summed E-state index contributed by atoms with van der Waals surface area (Å²) in [5, 5.41) is 3.26. The van der Waals surface area contributed by atoms with Gasteiger partial charge in [0.15, 0.2) is 0 Å². The van der Waals surface area contributed by atoms with Crippen molar-refractivity contribution in [1.82, 2.24) is 15.1 Å². The maximum atomic E-state index is 12.5. The average molecular weight is 362 g/mol. The lowest BCUT2D eigenvalue weighted by atomic mass is 9.73. The molecule has 2 heterocycles. The minimum absolute atomic E-state index is 0.204. The van der Waals surface area contributed by atoms with Gasteiger partial charge in [0.2, 0.25) is 11.8 Å². The van der Waals surface area contributed by atoms with Crippen LogP contribution in [0.25, 0.3) is 0 Å². The van der Waals surface area contributed by atoms with Gasteiger partial charge in [-0.25, -0.2) is 0 Å². The zero-order valence-corrected chi connectivity index (χ0v) is 16.2. The minimum atomic E-state index is 0.204. The van der Waals surface area contributed by atoms with E-state index in [9.17, 15) is 9.59 Å². The van der Waals surface area contributed by atoms with Crippen LogP contribution in [0.2, 0.25) is 0 Å². The lowest BCUT2D eigenvalue weighted by Gasteiger charge is -2.48. The summed E-state index contributed by atoms with van der Waals surface area (Å²) in [4.78, 5) is 29.3. The van der Waals surface area contributed by atoms with Crippen molar-refractivity contribution in [2.75, 3.05) is 32.7 Å². The second-order valence-corrected chi connectivity index (χ2v) is 9.43. The fourth-order valence-corrected chi connectivity index (χ4v) is 5.38. The van der Waals surface area contributed by atoms with Crippen LogP contribution in [0.1, 0.15) is 70.6 Å². The molecule has 2 saturated carbocycles. The topological polar surface area (TPSA) is 52.7 Å². The van der Waals surface area contributed by atoms with Crippen molar-refractivity contribution in [2.24, 2.45) is 11.3 Å². The summed E-state index contributed by atoms with van der Waals surface area (Å²) < 4.78 is 0. The van der Waals surface area contributed by atoms with E-state index >= 15 is 0 Å². The minimum Gasteiger partial charge on any atom is -0.352 e. The SMILES string of the molecule is O=C(CN1CCC[C@]2(CCC(=O)N(CC3CC3)C2)C1)NC1CCCCC1. The smallest absolute Gasteiger partial charge is 0.234 e. The Morgan fingerprint density at radius 2 is 1.85 bits per heavy atom. The lowest BCUT2D eigenvalue weighted by Crippen LogP contribution is -2.55. The number of piperidine rings is 2. The number of nitrogens with zero attached hydrogens (tertiary/aromatic N) is 2. The molecule has 1 spiro atoms. The summed E-state index contributed by atoms with van der Waals surface area (Å²) in [5.74, 6) is 1.32. The van der Waals surface area contributed by atoms with E-state index in [0.717, 1.165) is 57.8 Å². The van der Waals surface area contributed by atoms with E-state index in [1.807, 2.05) is 0 Å². The van der Waals surface area contributed by atoms with Gasteiger partial charge in [-0.2, -0.15) is 0 Å². The molecule has 5 nitrogen and oxygen atoms in total. The third kappa shape index (κ3) is 4.59. The molecule has 0 aromatic rings. The Labute approximate surface area is 157 Å². The van der Waals surface area contributed by atoms with Gasteiger partial charge in [0.25, 0.3) is 0 Å². The van der Waals surface area contributed by atoms with Gasteiger partial charge < -0.3 is 10.2 Å². The van der Waals surface area contributed by atoms with Crippen LogP contribution < -0.4 is 5.32 Å². The quantitative estimate of drug-likeness (QED) is 0.819. The zero-order chi connectivity index (χ0) is 18.0. The van der Waals surface area contributed by atoms with E-state index in [1.54, 1.807) is 0 Å². The van der Waals surface area contributed by atoms with Gasteiger partial charge in [-0.3, -0.25) is 14.5 Å². The number of carbonyl (C=O) groups is 2. The maximum Gasteiger partial charge on any atom is 0.234 e. The second kappa shape index (κ2) is 7.87. The van der Waals surface area contributed by atoms with Crippen LogP contribution in [-0.2, 0) is 9.59 Å². The van der Waals surface area contributed by atoms with E-state index in [0.29, 0.717) is 24.9 Å². The molecule has 0 aromatic carbocycles. The standard InChI is InChI=1S/C21H35N3O2/c25-19(22-18-5-2-1-3-6-18)14-23-12-4-10-21(15-23)11-9-20(26)24(16-21)13-17-7-8-17/h17-18H,1-16H2,(H,22,25)/t21-/m0/s1. The van der Waals surface area contributed by atoms with Crippen molar-refractivity contribution in [1.29, 1.82) is 0 Å². The van der Waals surface area contributed by atoms with Gasteiger partial charge in [0, 0.05) is 37.5 Å². The molecule has 4 fully saturated rings. The molecule has 0 bridgehead atoms. The monoisotopic (exact) mass is 361 g/mol. The Balaban J connectivity index is 1.30. The number of amides is 2. The third-order valence-corrected chi connectivity index (χ3v) is 7.00. The number of nitrogens with one attached hydrogen (secondary N) is 1. The predicted octanol–water partition coefficient (Wildman–Crippen LogP) is 2.55. The number of likely N-dealkylation sites (tertiary alicyclic amines) is 2. The molecule has 4 rings (SSSR count). The molecule has 4 aliphatic rings. The molecule has 5 heteroatoms. The second-order valence-electron chi connectivity index (χ2n) is 9.43. The van der Waals surface area contributed by atoms with Crippen molar-refractivity contribution < 1.29 is 9.59 Å². The molecule has 146 valence electrons. The van der Waals surface area contributed by atoms with E-state index < -0.39 is 0 Å². The van der Waals surface area contributed by atoms with Crippen LogP contribution in [0.5, 0.6) is 0 Å². The number of rotatable bonds is 5. The van der Waals surface area contributed by atoms with Crippen LogP contribution in [0.4, 0.5) is 0 Å². The normalized spacial score (nSPS) is 31.4. The van der Waals surface area contributed by atoms with Gasteiger partial charge in [0.1, 0.15) is 0 Å². The maximum absolute atomic E-state index is 12.5. The first-order chi connectivity index (χ1) is 12.6. The number of hydrogen-bond acceptors (Lipinski definition) is 3. The molecule has 0 radical (unpaired) electrons. The third-order valence-electron chi connectivity index (χ3n) is 7.00. The first kappa shape index (κ1) is 18.3. The van der Waals surface area contributed by atoms with Crippen LogP contribution >= 0.6 is 0 Å². The summed E-state index contributed by atoms with van der Waals surface area (Å²) in [6, 6.07) is 0.399. The van der Waals surface area contributed by atoms with Crippen LogP contribution in [-0.4, -0.2) is 60.4 Å². The number of hydrogen-bond donors (Lipinski definition) is 1. The van der Waals surface area contributed by atoms with Crippen LogP contribution in [0, 0.1) is 11.3 Å². The fourth-order valence-electron chi connectivity index (χ4n) is 5.38. The average Bonchev–Trinajstić information content (AvgIpc) is 3.43. The highest BCUT2D eigenvalue weighted by atomic mass is 16.2. The molecular formula is C21H35N3O2. The van der Waals surface area contributed by atoms with Crippen molar-refractivity contribution in [2.45, 2.75) is 76.7 Å². The highest BCUT2D eigenvalue weighted by Gasteiger charge is 2.43. The Kier molecular flexibility index (Phi) is 5.53. The largest absolute Gasteiger partial charge is 0.352 e. The summed E-state index contributed by atoms with van der Waals surface area (Å²) in [7, 11) is 0. The zero-order valence-electron chi connectivity index (χ0n) is 16.2. The van der Waals surface area contributed by atoms with Gasteiger partial charge in [-0.1, -0.05) is 19.3 Å². The molecule has 2 aliphatic heterocycles. The molecule has 0 unspecified atom stereocenters. The molecule has 1 atom stereocenters. The molecule has 2 aliphatic carbocycles. The lowest BCUT2D eigenvalue weighted by molar-refractivity contribution is -0.140. The molecule has 1 N–H and O–H groups in total. The summed E-state index contributed by atoms with van der Waals surface area (Å²) in [5.41, 5.74) is 0.228. The Bertz CT molecular complexity index is 527. The van der Waals surface area contributed by atoms with E-state index in [4.69, 9.17) is 0 Å². The van der Waals surface area contributed by atoms with Crippen molar-refractivity contribution in [3.8, 4) is 0 Å². The Hall–Kier alpha value is -1.10. The number of carbonyl (C=O) groups excluding carboxylic acids is 2. The highest BCUT2D eigenvalue weighted by molar-refractivity contribution is 5.78. The molecule has 0 aromatic heterocycles. The predicted molar refractivity (Wildman–Crippen MR) is 102 cm³/mol. The molecule has 2 amide bonds. The highest BCUT2D eigenvalue weighted by Crippen LogP contribution is 2.40. The fraction of sp³-hybridized carbons (Fsp3) is 0.905. The van der Waals surface area contributed by atoms with Crippen LogP contribution in [0.3, 0.4) is 0 Å². The summed E-state index contributed by atoms with van der Waals surface area (Å²) in [6.45, 7) is 4.44. The van der Waals surface area contributed by atoms with E-state index in [2.05, 4.69) is 15.1 Å².